The van der Waals surface area contributed by atoms with Crippen molar-refractivity contribution < 1.29 is 28.9 Å². The van der Waals surface area contributed by atoms with Gasteiger partial charge in [-0.15, -0.1) is 6.58 Å². The number of aliphatic hydroxyl groups excluding tert-OH is 1. The van der Waals surface area contributed by atoms with Crippen molar-refractivity contribution in [3.8, 4) is 0 Å². The molecular weight excluding hydrogens is 462 g/mol. The van der Waals surface area contributed by atoms with Gasteiger partial charge in [0.25, 0.3) is 0 Å². The second-order valence-electron chi connectivity index (χ2n) is 8.59. The van der Waals surface area contributed by atoms with Crippen molar-refractivity contribution in [2.24, 2.45) is 0 Å². The van der Waals surface area contributed by atoms with Crippen LogP contribution in [0.1, 0.15) is 42.4 Å². The summed E-state index contributed by atoms with van der Waals surface area (Å²) >= 11 is 0. The molecule has 194 valence electrons. The van der Waals surface area contributed by atoms with Gasteiger partial charge in [-0.05, 0) is 37.2 Å². The molecule has 36 heavy (non-hydrogen) atoms. The molecule has 1 fully saturated rings. The Labute approximate surface area is 212 Å². The molecule has 0 bridgehead atoms. The first-order chi connectivity index (χ1) is 17.4. The van der Waals surface area contributed by atoms with E-state index in [2.05, 4.69) is 22.1 Å². The first kappa shape index (κ1) is 27.3. The molecule has 0 spiro atoms. The van der Waals surface area contributed by atoms with Gasteiger partial charge >= 0.3 is 12.0 Å². The van der Waals surface area contributed by atoms with Crippen LogP contribution in [0.15, 0.2) is 61.2 Å². The molecule has 1 aliphatic heterocycles. The molecule has 9 heteroatoms. The van der Waals surface area contributed by atoms with Crippen LogP contribution in [0.5, 0.6) is 0 Å². The molecule has 2 amide bonds. The Kier molecular flexibility index (Phi) is 10.4. The monoisotopic (exact) mass is 497 g/mol. The number of hydrogen-bond donors (Lipinski definition) is 3. The van der Waals surface area contributed by atoms with Crippen LogP contribution in [-0.2, 0) is 25.6 Å². The Bertz CT molecular complexity index is 996. The number of nitrogens with one attached hydrogen (secondary N) is 2. The highest BCUT2D eigenvalue weighted by molar-refractivity contribution is 5.91. The molecule has 3 rings (SSSR count). The van der Waals surface area contributed by atoms with E-state index in [1.807, 2.05) is 49.5 Å². The van der Waals surface area contributed by atoms with Gasteiger partial charge in [0.05, 0.1) is 25.4 Å². The average Bonchev–Trinajstić information content (AvgIpc) is 2.88. The maximum atomic E-state index is 12.0. The number of esters is 1. The smallest absolute Gasteiger partial charge is 0.325 e. The number of benzene rings is 2. The highest BCUT2D eigenvalue weighted by Gasteiger charge is 2.32. The fourth-order valence-electron chi connectivity index (χ4n) is 3.94. The second-order valence-corrected chi connectivity index (χ2v) is 8.59. The maximum Gasteiger partial charge on any atom is 0.325 e. The SMILES string of the molecule is C=CCN(C)CC1CC(c2ccc(CO)cc2)OC(c2ccc(NC(=O)NCC(=O)OCC)cc2)O1. The number of carbonyl (C=O) groups is 2. The number of amides is 2. The van der Waals surface area contributed by atoms with Crippen molar-refractivity contribution in [1.29, 1.82) is 0 Å². The summed E-state index contributed by atoms with van der Waals surface area (Å²) in [4.78, 5) is 25.6. The summed E-state index contributed by atoms with van der Waals surface area (Å²) in [7, 11) is 2.02. The lowest BCUT2D eigenvalue weighted by Crippen LogP contribution is -2.37. The Hall–Kier alpha value is -3.24. The molecule has 0 aliphatic carbocycles. The molecule has 1 saturated heterocycles. The molecule has 2 aromatic carbocycles. The van der Waals surface area contributed by atoms with Gasteiger partial charge in [-0.1, -0.05) is 42.5 Å². The van der Waals surface area contributed by atoms with Crippen LogP contribution < -0.4 is 10.6 Å². The molecule has 1 heterocycles. The molecule has 0 aromatic heterocycles. The van der Waals surface area contributed by atoms with Crippen LogP contribution in [-0.4, -0.2) is 61.4 Å². The number of ether oxygens (including phenoxy) is 3. The summed E-state index contributed by atoms with van der Waals surface area (Å²) in [6.45, 7) is 7.03. The molecule has 1 aliphatic rings. The van der Waals surface area contributed by atoms with Crippen LogP contribution in [0.2, 0.25) is 0 Å². The summed E-state index contributed by atoms with van der Waals surface area (Å²) in [5.74, 6) is -0.497. The average molecular weight is 498 g/mol. The maximum absolute atomic E-state index is 12.0. The van der Waals surface area contributed by atoms with Gasteiger partial charge in [0.15, 0.2) is 6.29 Å². The zero-order valence-electron chi connectivity index (χ0n) is 20.8. The first-order valence-corrected chi connectivity index (χ1v) is 12.0. The van der Waals surface area contributed by atoms with E-state index < -0.39 is 18.3 Å². The van der Waals surface area contributed by atoms with Gasteiger partial charge < -0.3 is 34.9 Å². The van der Waals surface area contributed by atoms with Gasteiger partial charge in [0.1, 0.15) is 6.54 Å². The van der Waals surface area contributed by atoms with E-state index in [4.69, 9.17) is 14.2 Å². The molecule has 3 unspecified atom stereocenters. The number of nitrogens with zero attached hydrogens (tertiary/aromatic N) is 1. The zero-order chi connectivity index (χ0) is 25.9. The van der Waals surface area contributed by atoms with Gasteiger partial charge in [-0.3, -0.25) is 4.79 Å². The minimum atomic E-state index is -0.588. The van der Waals surface area contributed by atoms with Crippen molar-refractivity contribution >= 4 is 17.7 Å². The minimum absolute atomic E-state index is 0.00621. The van der Waals surface area contributed by atoms with Crippen LogP contribution in [0, 0.1) is 0 Å². The van der Waals surface area contributed by atoms with Gasteiger partial charge in [0.2, 0.25) is 0 Å². The Morgan fingerprint density at radius 2 is 1.83 bits per heavy atom. The minimum Gasteiger partial charge on any atom is -0.465 e. The second kappa shape index (κ2) is 13.7. The topological polar surface area (TPSA) is 109 Å². The van der Waals surface area contributed by atoms with Crippen molar-refractivity contribution in [1.82, 2.24) is 10.2 Å². The van der Waals surface area contributed by atoms with Crippen molar-refractivity contribution in [3.63, 3.8) is 0 Å². The number of aliphatic hydroxyl groups is 1. The number of anilines is 1. The van der Waals surface area contributed by atoms with E-state index in [-0.39, 0.29) is 32.0 Å². The van der Waals surface area contributed by atoms with E-state index in [1.165, 1.54) is 0 Å². The van der Waals surface area contributed by atoms with Gasteiger partial charge in [0, 0.05) is 30.8 Å². The first-order valence-electron chi connectivity index (χ1n) is 12.0. The number of urea groups is 1. The quantitative estimate of drug-likeness (QED) is 0.322. The lowest BCUT2D eigenvalue weighted by atomic mass is 9.99. The van der Waals surface area contributed by atoms with Gasteiger partial charge in [-0.2, -0.15) is 0 Å². The van der Waals surface area contributed by atoms with E-state index in [1.54, 1.807) is 19.1 Å². The van der Waals surface area contributed by atoms with Crippen molar-refractivity contribution in [2.45, 2.75) is 38.4 Å². The van der Waals surface area contributed by atoms with Crippen LogP contribution >= 0.6 is 0 Å². The number of carbonyl (C=O) groups excluding carboxylic acids is 2. The third-order valence-corrected chi connectivity index (χ3v) is 5.71. The van der Waals surface area contributed by atoms with E-state index in [0.717, 1.165) is 29.8 Å². The summed E-state index contributed by atoms with van der Waals surface area (Å²) < 4.78 is 17.4. The van der Waals surface area contributed by atoms with Crippen molar-refractivity contribution in [2.75, 3.05) is 38.6 Å². The standard InChI is InChI=1S/C27H35N3O6/c1-4-14-30(3)17-23-15-24(20-8-6-19(18-31)7-9-20)36-26(35-23)21-10-12-22(13-11-21)29-27(33)28-16-25(32)34-5-2/h4,6-13,23-24,26,31H,1,5,14-18H2,2-3H3,(H2,28,29,33). The Morgan fingerprint density at radius 1 is 1.14 bits per heavy atom. The third kappa shape index (κ3) is 8.17. The molecule has 3 N–H and O–H groups in total. The molecular formula is C27H35N3O6. The molecule has 9 nitrogen and oxygen atoms in total. The lowest BCUT2D eigenvalue weighted by molar-refractivity contribution is -0.252. The number of likely N-dealkylation sites (N-methyl/N-ethyl adjacent to an activating group) is 1. The van der Waals surface area contributed by atoms with Gasteiger partial charge in [-0.25, -0.2) is 4.79 Å². The number of hydrogen-bond acceptors (Lipinski definition) is 7. The highest BCUT2D eigenvalue weighted by atomic mass is 16.7. The summed E-state index contributed by atoms with van der Waals surface area (Å²) in [6, 6.07) is 14.4. The highest BCUT2D eigenvalue weighted by Crippen LogP contribution is 2.38. The molecule has 3 atom stereocenters. The Balaban J connectivity index is 1.68. The van der Waals surface area contributed by atoms with Crippen LogP contribution in [0.25, 0.3) is 0 Å². The van der Waals surface area contributed by atoms with E-state index in [0.29, 0.717) is 12.1 Å². The molecule has 0 saturated carbocycles. The largest absolute Gasteiger partial charge is 0.465 e. The van der Waals surface area contributed by atoms with E-state index >= 15 is 0 Å². The summed E-state index contributed by atoms with van der Waals surface area (Å²) in [5, 5.41) is 14.5. The molecule has 0 radical (unpaired) electrons. The van der Waals surface area contributed by atoms with Crippen LogP contribution in [0.3, 0.4) is 0 Å². The predicted molar refractivity (Wildman–Crippen MR) is 136 cm³/mol. The van der Waals surface area contributed by atoms with Crippen LogP contribution in [0.4, 0.5) is 10.5 Å². The molecule has 2 aromatic rings. The lowest BCUT2D eigenvalue weighted by Gasteiger charge is -2.37. The fourth-order valence-corrected chi connectivity index (χ4v) is 3.94. The summed E-state index contributed by atoms with van der Waals surface area (Å²) in [6.07, 6.45) is 1.72. The number of rotatable bonds is 11. The third-order valence-electron chi connectivity index (χ3n) is 5.71. The van der Waals surface area contributed by atoms with Crippen molar-refractivity contribution in [3.05, 3.63) is 77.9 Å². The van der Waals surface area contributed by atoms with E-state index in [9.17, 15) is 14.7 Å². The summed E-state index contributed by atoms with van der Waals surface area (Å²) in [5.41, 5.74) is 3.25. The zero-order valence-corrected chi connectivity index (χ0v) is 20.8. The predicted octanol–water partition coefficient (Wildman–Crippen LogP) is 3.53. The fraction of sp³-hybridized carbons (Fsp3) is 0.407. The Morgan fingerprint density at radius 3 is 2.47 bits per heavy atom. The normalized spacial score (nSPS) is 19.5.